The van der Waals surface area contributed by atoms with Crippen molar-refractivity contribution in [2.45, 2.75) is 24.8 Å². The molecule has 35 heavy (non-hydrogen) atoms. The maximum atomic E-state index is 13.7. The fourth-order valence-electron chi connectivity index (χ4n) is 3.74. The van der Waals surface area contributed by atoms with E-state index >= 15 is 0 Å². The first-order valence-corrected chi connectivity index (χ1v) is 12.1. The minimum absolute atomic E-state index is 0.0267. The molecular formula is C27H26N2O5S. The second-order valence-corrected chi connectivity index (χ2v) is 8.63. The molecule has 1 aromatic heterocycles. The number of Topliss-reactive ketones (excluding diaryl/α,β-unsaturated/α-hetero) is 1. The van der Waals surface area contributed by atoms with Crippen molar-refractivity contribution in [3.63, 3.8) is 0 Å². The lowest BCUT2D eigenvalue weighted by molar-refractivity contribution is 0.101. The van der Waals surface area contributed by atoms with Gasteiger partial charge < -0.3 is 14.2 Å². The monoisotopic (exact) mass is 490 g/mol. The third-order valence-electron chi connectivity index (χ3n) is 5.50. The molecule has 4 aromatic rings. The number of methoxy groups -OCH3 is 2. The number of ketones is 1. The highest BCUT2D eigenvalue weighted by Gasteiger charge is 2.18. The number of thioether (sulfide) groups is 1. The Bertz CT molecular complexity index is 1450. The Labute approximate surface area is 207 Å². The molecule has 0 fully saturated rings. The smallest absolute Gasteiger partial charge is 0.266 e. The van der Waals surface area contributed by atoms with Crippen molar-refractivity contribution < 1.29 is 19.0 Å². The van der Waals surface area contributed by atoms with Gasteiger partial charge in [0.15, 0.2) is 10.9 Å². The summed E-state index contributed by atoms with van der Waals surface area (Å²) in [6.45, 7) is 3.94. The van der Waals surface area contributed by atoms with Crippen molar-refractivity contribution in [1.29, 1.82) is 0 Å². The second-order valence-electron chi connectivity index (χ2n) is 7.69. The van der Waals surface area contributed by atoms with Gasteiger partial charge in [-0.25, -0.2) is 4.98 Å². The Morgan fingerprint density at radius 3 is 2.49 bits per heavy atom. The van der Waals surface area contributed by atoms with E-state index in [0.29, 0.717) is 56.9 Å². The summed E-state index contributed by atoms with van der Waals surface area (Å²) in [6, 6.07) is 17.9. The van der Waals surface area contributed by atoms with Crippen molar-refractivity contribution in [3.05, 3.63) is 82.1 Å². The van der Waals surface area contributed by atoms with Crippen molar-refractivity contribution in [3.8, 4) is 22.9 Å². The van der Waals surface area contributed by atoms with Gasteiger partial charge in [-0.2, -0.15) is 0 Å². The van der Waals surface area contributed by atoms with E-state index in [1.54, 1.807) is 49.1 Å². The molecule has 4 rings (SSSR count). The maximum absolute atomic E-state index is 13.7. The van der Waals surface area contributed by atoms with E-state index in [1.165, 1.54) is 18.7 Å². The third-order valence-corrected chi connectivity index (χ3v) is 6.48. The summed E-state index contributed by atoms with van der Waals surface area (Å²) in [5, 5.41) is 0.978. The van der Waals surface area contributed by atoms with Crippen LogP contribution in [0.3, 0.4) is 0 Å². The molecule has 0 bridgehead atoms. The Kier molecular flexibility index (Phi) is 7.41. The van der Waals surface area contributed by atoms with Gasteiger partial charge in [0.05, 0.1) is 37.4 Å². The SMILES string of the molecule is CCOc1ccc(C(C)=O)cc1CSc1nc2ccccc2c(=O)n1-c1cc(OC)ccc1OC. The lowest BCUT2D eigenvalue weighted by Gasteiger charge is -2.17. The van der Waals surface area contributed by atoms with Crippen LogP contribution in [0, 0.1) is 0 Å². The van der Waals surface area contributed by atoms with Crippen LogP contribution in [-0.4, -0.2) is 36.2 Å². The van der Waals surface area contributed by atoms with E-state index in [-0.39, 0.29) is 11.3 Å². The fraction of sp³-hybridized carbons (Fsp3) is 0.222. The fourth-order valence-corrected chi connectivity index (χ4v) is 4.73. The van der Waals surface area contributed by atoms with E-state index in [0.717, 1.165) is 5.56 Å². The van der Waals surface area contributed by atoms with Crippen molar-refractivity contribution >= 4 is 28.4 Å². The van der Waals surface area contributed by atoms with Crippen LogP contribution < -0.4 is 19.8 Å². The number of hydrogen-bond acceptors (Lipinski definition) is 7. The average molecular weight is 491 g/mol. The van der Waals surface area contributed by atoms with Gasteiger partial charge in [0, 0.05) is 22.9 Å². The molecule has 0 N–H and O–H groups in total. The number of fused-ring (bicyclic) bond motifs is 1. The first-order valence-electron chi connectivity index (χ1n) is 11.1. The molecule has 0 aliphatic rings. The summed E-state index contributed by atoms with van der Waals surface area (Å²) in [6.07, 6.45) is 0. The van der Waals surface area contributed by atoms with Crippen molar-refractivity contribution in [2.75, 3.05) is 20.8 Å². The van der Waals surface area contributed by atoms with Gasteiger partial charge in [-0.1, -0.05) is 23.9 Å². The zero-order valence-corrected chi connectivity index (χ0v) is 20.8. The molecule has 3 aromatic carbocycles. The summed E-state index contributed by atoms with van der Waals surface area (Å²) < 4.78 is 18.3. The van der Waals surface area contributed by atoms with Gasteiger partial charge >= 0.3 is 0 Å². The minimum atomic E-state index is -0.216. The molecular weight excluding hydrogens is 464 g/mol. The zero-order valence-electron chi connectivity index (χ0n) is 20.0. The van der Waals surface area contributed by atoms with Gasteiger partial charge in [-0.3, -0.25) is 14.2 Å². The number of nitrogens with zero attached hydrogens (tertiary/aromatic N) is 2. The average Bonchev–Trinajstić information content (AvgIpc) is 2.88. The van der Waals surface area contributed by atoms with Crippen LogP contribution in [0.2, 0.25) is 0 Å². The molecule has 180 valence electrons. The predicted molar refractivity (Wildman–Crippen MR) is 138 cm³/mol. The Hall–Kier alpha value is -3.78. The third kappa shape index (κ3) is 5.02. The first-order chi connectivity index (χ1) is 17.0. The second kappa shape index (κ2) is 10.7. The Morgan fingerprint density at radius 2 is 1.77 bits per heavy atom. The standard InChI is InChI=1S/C27H26N2O5S/c1-5-34-24-12-10-18(17(2)30)14-19(24)16-35-27-28-22-9-7-6-8-21(22)26(31)29(27)23-15-20(32-3)11-13-25(23)33-4/h6-15H,5,16H2,1-4H3. The van der Waals surface area contributed by atoms with Gasteiger partial charge in [0.2, 0.25) is 0 Å². The number of hydrogen-bond donors (Lipinski definition) is 0. The molecule has 0 radical (unpaired) electrons. The summed E-state index contributed by atoms with van der Waals surface area (Å²) in [4.78, 5) is 30.5. The van der Waals surface area contributed by atoms with Gasteiger partial charge in [-0.15, -0.1) is 0 Å². The van der Waals surface area contributed by atoms with Crippen molar-refractivity contribution in [2.24, 2.45) is 0 Å². The number of benzene rings is 3. The molecule has 0 atom stereocenters. The van der Waals surface area contributed by atoms with Crippen LogP contribution in [0.4, 0.5) is 0 Å². The number of para-hydroxylation sites is 1. The van der Waals surface area contributed by atoms with Crippen LogP contribution in [0.15, 0.2) is 70.6 Å². The van der Waals surface area contributed by atoms with Crippen LogP contribution >= 0.6 is 11.8 Å². The lowest BCUT2D eigenvalue weighted by Crippen LogP contribution is -2.22. The molecule has 0 aliphatic carbocycles. The topological polar surface area (TPSA) is 79.7 Å². The largest absolute Gasteiger partial charge is 0.497 e. The van der Waals surface area contributed by atoms with Gasteiger partial charge in [-0.05, 0) is 56.3 Å². The van der Waals surface area contributed by atoms with E-state index in [1.807, 2.05) is 37.3 Å². The zero-order chi connectivity index (χ0) is 24.9. The van der Waals surface area contributed by atoms with E-state index in [2.05, 4.69) is 0 Å². The number of rotatable bonds is 9. The Morgan fingerprint density at radius 1 is 1.00 bits per heavy atom. The quantitative estimate of drug-likeness (QED) is 0.179. The molecule has 8 heteroatoms. The van der Waals surface area contributed by atoms with Crippen LogP contribution in [0.5, 0.6) is 17.2 Å². The normalized spacial score (nSPS) is 10.9. The maximum Gasteiger partial charge on any atom is 0.266 e. The van der Waals surface area contributed by atoms with E-state index in [4.69, 9.17) is 19.2 Å². The molecule has 7 nitrogen and oxygen atoms in total. The summed E-state index contributed by atoms with van der Waals surface area (Å²) >= 11 is 1.38. The molecule has 0 unspecified atom stereocenters. The summed E-state index contributed by atoms with van der Waals surface area (Å²) in [5.74, 6) is 2.21. The van der Waals surface area contributed by atoms with E-state index in [9.17, 15) is 9.59 Å². The number of ether oxygens (including phenoxy) is 3. The molecule has 0 aliphatic heterocycles. The van der Waals surface area contributed by atoms with Crippen LogP contribution in [0.1, 0.15) is 29.8 Å². The van der Waals surface area contributed by atoms with E-state index < -0.39 is 0 Å². The number of carbonyl (C=O) groups excluding carboxylic acids is 1. The first kappa shape index (κ1) is 24.3. The number of aromatic nitrogens is 2. The predicted octanol–water partition coefficient (Wildman–Crippen LogP) is 5.30. The molecule has 0 saturated heterocycles. The number of carbonyl (C=O) groups is 1. The molecule has 0 spiro atoms. The lowest BCUT2D eigenvalue weighted by atomic mass is 10.1. The van der Waals surface area contributed by atoms with Gasteiger partial charge in [0.1, 0.15) is 17.2 Å². The Balaban J connectivity index is 1.87. The highest BCUT2D eigenvalue weighted by molar-refractivity contribution is 7.98. The van der Waals surface area contributed by atoms with Crippen LogP contribution in [-0.2, 0) is 5.75 Å². The molecule has 0 amide bonds. The minimum Gasteiger partial charge on any atom is -0.497 e. The molecule has 1 heterocycles. The van der Waals surface area contributed by atoms with Gasteiger partial charge in [0.25, 0.3) is 5.56 Å². The van der Waals surface area contributed by atoms with Crippen molar-refractivity contribution in [1.82, 2.24) is 9.55 Å². The van der Waals surface area contributed by atoms with Crippen LogP contribution in [0.25, 0.3) is 16.6 Å². The highest BCUT2D eigenvalue weighted by atomic mass is 32.2. The molecule has 0 saturated carbocycles. The highest BCUT2D eigenvalue weighted by Crippen LogP contribution is 2.33. The summed E-state index contributed by atoms with van der Waals surface area (Å²) in [5.41, 5.74) is 2.35. The summed E-state index contributed by atoms with van der Waals surface area (Å²) in [7, 11) is 3.12.